The van der Waals surface area contributed by atoms with E-state index in [-0.39, 0.29) is 17.5 Å². The van der Waals surface area contributed by atoms with Crippen LogP contribution in [0.3, 0.4) is 0 Å². The van der Waals surface area contributed by atoms with Crippen molar-refractivity contribution in [2.75, 3.05) is 13.1 Å². The van der Waals surface area contributed by atoms with Crippen LogP contribution in [0.2, 0.25) is 0 Å². The number of hydrogen-bond donors (Lipinski definition) is 2. The summed E-state index contributed by atoms with van der Waals surface area (Å²) in [5.74, 6) is 0.840. The van der Waals surface area contributed by atoms with Crippen LogP contribution in [0.1, 0.15) is 23.3 Å². The zero-order chi connectivity index (χ0) is 15.3. The summed E-state index contributed by atoms with van der Waals surface area (Å²) >= 11 is 0. The second-order valence-electron chi connectivity index (χ2n) is 6.47. The molecule has 2 fully saturated rings. The fraction of sp³-hybridized carbons (Fsp3) is 0.412. The summed E-state index contributed by atoms with van der Waals surface area (Å²) in [7, 11) is 0. The van der Waals surface area contributed by atoms with Gasteiger partial charge in [-0.25, -0.2) is 0 Å². The number of fused-ring (bicyclic) bond motifs is 2. The van der Waals surface area contributed by atoms with Crippen molar-refractivity contribution in [3.05, 3.63) is 46.4 Å². The van der Waals surface area contributed by atoms with Crippen molar-refractivity contribution in [3.8, 4) is 0 Å². The quantitative estimate of drug-likeness (QED) is 0.833. The molecule has 1 saturated carbocycles. The maximum atomic E-state index is 12.7. The molecule has 3 unspecified atom stereocenters. The van der Waals surface area contributed by atoms with Crippen molar-refractivity contribution in [2.45, 2.75) is 18.9 Å². The van der Waals surface area contributed by atoms with Crippen molar-refractivity contribution in [1.29, 1.82) is 0 Å². The molecule has 3 atom stereocenters. The second-order valence-corrected chi connectivity index (χ2v) is 6.47. The van der Waals surface area contributed by atoms with Crippen LogP contribution in [0.5, 0.6) is 0 Å². The molecule has 114 valence electrons. The highest BCUT2D eigenvalue weighted by molar-refractivity contribution is 5.96. The number of nitrogens with one attached hydrogen (secondary N) is 1. The Balaban J connectivity index is 1.65. The number of aromatic nitrogens is 1. The summed E-state index contributed by atoms with van der Waals surface area (Å²) in [5.41, 5.74) is 6.29. The number of amides is 1. The van der Waals surface area contributed by atoms with Gasteiger partial charge in [-0.2, -0.15) is 0 Å². The highest BCUT2D eigenvalue weighted by Crippen LogP contribution is 2.37. The van der Waals surface area contributed by atoms with Crippen LogP contribution < -0.4 is 11.3 Å². The number of carbonyl (C=O) groups is 1. The molecule has 22 heavy (non-hydrogen) atoms. The van der Waals surface area contributed by atoms with E-state index in [9.17, 15) is 9.59 Å². The molecule has 0 spiro atoms. The third-order valence-electron chi connectivity index (χ3n) is 5.18. The lowest BCUT2D eigenvalue weighted by molar-refractivity contribution is 0.0773. The van der Waals surface area contributed by atoms with E-state index in [1.807, 2.05) is 23.1 Å². The standard InChI is InChI=1S/C17H19N3O2/c18-14-6-5-11-8-20(9-13(11)14)17(22)15-7-10-3-1-2-4-12(10)16(21)19-15/h1-4,7,11,13-14H,5-6,8-9,18H2,(H,19,21). The number of H-pyrrole nitrogens is 1. The van der Waals surface area contributed by atoms with Crippen LogP contribution in [-0.2, 0) is 0 Å². The summed E-state index contributed by atoms with van der Waals surface area (Å²) in [6.45, 7) is 1.46. The Bertz CT molecular complexity index is 798. The van der Waals surface area contributed by atoms with Gasteiger partial charge in [0, 0.05) is 24.5 Å². The zero-order valence-electron chi connectivity index (χ0n) is 12.3. The Kier molecular flexibility index (Phi) is 3.04. The van der Waals surface area contributed by atoms with Crippen LogP contribution in [0.25, 0.3) is 10.8 Å². The van der Waals surface area contributed by atoms with Gasteiger partial charge in [0.2, 0.25) is 0 Å². The van der Waals surface area contributed by atoms with Crippen LogP contribution in [-0.4, -0.2) is 34.9 Å². The smallest absolute Gasteiger partial charge is 0.270 e. The van der Waals surface area contributed by atoms with E-state index < -0.39 is 0 Å². The Labute approximate surface area is 128 Å². The maximum Gasteiger partial charge on any atom is 0.270 e. The molecule has 1 aliphatic carbocycles. The van der Waals surface area contributed by atoms with Crippen molar-refractivity contribution in [2.24, 2.45) is 17.6 Å². The van der Waals surface area contributed by atoms with E-state index in [0.29, 0.717) is 29.5 Å². The first-order chi connectivity index (χ1) is 10.6. The molecule has 1 saturated heterocycles. The van der Waals surface area contributed by atoms with Crippen LogP contribution in [0.4, 0.5) is 0 Å². The SMILES string of the molecule is NC1CCC2CN(C(=O)c3cc4ccccc4c(=O)[nH]3)CC12. The van der Waals surface area contributed by atoms with E-state index in [2.05, 4.69) is 4.98 Å². The molecule has 0 radical (unpaired) electrons. The van der Waals surface area contributed by atoms with E-state index in [1.54, 1.807) is 12.1 Å². The lowest BCUT2D eigenvalue weighted by Gasteiger charge is -2.18. The first kappa shape index (κ1) is 13.5. The highest BCUT2D eigenvalue weighted by atomic mass is 16.2. The fourth-order valence-corrected chi connectivity index (χ4v) is 3.97. The summed E-state index contributed by atoms with van der Waals surface area (Å²) in [6, 6.07) is 9.29. The average Bonchev–Trinajstić information content (AvgIpc) is 3.09. The number of benzene rings is 1. The van der Waals surface area contributed by atoms with E-state index in [4.69, 9.17) is 5.73 Å². The number of rotatable bonds is 1. The molecule has 2 aromatic rings. The van der Waals surface area contributed by atoms with Gasteiger partial charge in [0.1, 0.15) is 5.69 Å². The molecule has 3 N–H and O–H groups in total. The lowest BCUT2D eigenvalue weighted by Crippen LogP contribution is -2.34. The Hall–Kier alpha value is -2.14. The first-order valence-electron chi connectivity index (χ1n) is 7.80. The highest BCUT2D eigenvalue weighted by Gasteiger charge is 2.42. The molecule has 5 heteroatoms. The zero-order valence-corrected chi connectivity index (χ0v) is 12.3. The number of pyridine rings is 1. The van der Waals surface area contributed by atoms with E-state index >= 15 is 0 Å². The van der Waals surface area contributed by atoms with Gasteiger partial charge >= 0.3 is 0 Å². The van der Waals surface area contributed by atoms with Crippen molar-refractivity contribution in [1.82, 2.24) is 9.88 Å². The Morgan fingerprint density at radius 1 is 1.23 bits per heavy atom. The molecule has 1 aromatic heterocycles. The molecule has 0 bridgehead atoms. The second kappa shape index (κ2) is 4.95. The first-order valence-corrected chi connectivity index (χ1v) is 7.80. The number of nitrogens with two attached hydrogens (primary N) is 1. The number of carbonyl (C=O) groups excluding carboxylic acids is 1. The van der Waals surface area contributed by atoms with Gasteiger partial charge in [0.05, 0.1) is 0 Å². The lowest BCUT2D eigenvalue weighted by atomic mass is 9.98. The fourth-order valence-electron chi connectivity index (χ4n) is 3.97. The summed E-state index contributed by atoms with van der Waals surface area (Å²) in [5, 5.41) is 1.41. The molecule has 2 aliphatic rings. The predicted octanol–water partition coefficient (Wildman–Crippen LogP) is 1.34. The summed E-state index contributed by atoms with van der Waals surface area (Å²) in [4.78, 5) is 29.4. The Morgan fingerprint density at radius 2 is 2.05 bits per heavy atom. The number of likely N-dealkylation sites (tertiary alicyclic amines) is 1. The van der Waals surface area contributed by atoms with E-state index in [1.165, 1.54) is 0 Å². The molecule has 1 aromatic carbocycles. The third kappa shape index (κ3) is 2.04. The van der Waals surface area contributed by atoms with Gasteiger partial charge in [-0.3, -0.25) is 9.59 Å². The molecule has 5 nitrogen and oxygen atoms in total. The molecule has 1 aliphatic heterocycles. The van der Waals surface area contributed by atoms with Gasteiger partial charge < -0.3 is 15.6 Å². The minimum atomic E-state index is -0.211. The number of aromatic amines is 1. The predicted molar refractivity (Wildman–Crippen MR) is 84.7 cm³/mol. The normalized spacial score (nSPS) is 27.3. The van der Waals surface area contributed by atoms with Crippen molar-refractivity contribution >= 4 is 16.7 Å². The van der Waals surface area contributed by atoms with Gasteiger partial charge in [0.25, 0.3) is 11.5 Å². The maximum absolute atomic E-state index is 12.7. The molecule has 4 rings (SSSR count). The molecular weight excluding hydrogens is 278 g/mol. The Morgan fingerprint density at radius 3 is 2.86 bits per heavy atom. The number of nitrogens with zero attached hydrogens (tertiary/aromatic N) is 1. The number of hydrogen-bond acceptors (Lipinski definition) is 3. The summed E-state index contributed by atoms with van der Waals surface area (Å²) in [6.07, 6.45) is 2.16. The minimum Gasteiger partial charge on any atom is -0.337 e. The van der Waals surface area contributed by atoms with Gasteiger partial charge in [-0.1, -0.05) is 18.2 Å². The van der Waals surface area contributed by atoms with Crippen molar-refractivity contribution < 1.29 is 4.79 Å². The summed E-state index contributed by atoms with van der Waals surface area (Å²) < 4.78 is 0. The van der Waals surface area contributed by atoms with Gasteiger partial charge in [0.15, 0.2) is 0 Å². The average molecular weight is 297 g/mol. The van der Waals surface area contributed by atoms with Crippen LogP contribution >= 0.6 is 0 Å². The molecule has 2 heterocycles. The largest absolute Gasteiger partial charge is 0.337 e. The van der Waals surface area contributed by atoms with E-state index in [0.717, 1.165) is 24.8 Å². The van der Waals surface area contributed by atoms with Crippen molar-refractivity contribution in [3.63, 3.8) is 0 Å². The third-order valence-corrected chi connectivity index (χ3v) is 5.18. The molecular formula is C17H19N3O2. The van der Waals surface area contributed by atoms with Crippen LogP contribution in [0.15, 0.2) is 35.1 Å². The van der Waals surface area contributed by atoms with Gasteiger partial charge in [-0.15, -0.1) is 0 Å². The minimum absolute atomic E-state index is 0.0931. The monoisotopic (exact) mass is 297 g/mol. The van der Waals surface area contributed by atoms with Gasteiger partial charge in [-0.05, 0) is 42.2 Å². The van der Waals surface area contributed by atoms with Crippen LogP contribution in [0, 0.1) is 11.8 Å². The molecule has 1 amide bonds. The topological polar surface area (TPSA) is 79.2 Å².